The summed E-state index contributed by atoms with van der Waals surface area (Å²) in [6.07, 6.45) is 0.657. The molecular weight excluding hydrogens is 284 g/mol. The average molecular weight is 304 g/mol. The minimum Gasteiger partial charge on any atom is -0.391 e. The van der Waals surface area contributed by atoms with Gasteiger partial charge in [-0.2, -0.15) is 0 Å². The van der Waals surface area contributed by atoms with Crippen LogP contribution in [-0.4, -0.2) is 43.1 Å². The number of nitrogens with zero attached hydrogens (tertiary/aromatic N) is 2. The summed E-state index contributed by atoms with van der Waals surface area (Å²) in [4.78, 5) is 7.38. The van der Waals surface area contributed by atoms with E-state index in [0.717, 1.165) is 15.7 Å². The summed E-state index contributed by atoms with van der Waals surface area (Å²) in [6.45, 7) is 4.07. The van der Waals surface area contributed by atoms with Crippen molar-refractivity contribution in [2.45, 2.75) is 38.8 Å². The van der Waals surface area contributed by atoms with Gasteiger partial charge in [-0.25, -0.2) is 13.4 Å². The highest BCUT2D eigenvalue weighted by atomic mass is 32.2. The molecule has 1 N–H and O–H groups in total. The summed E-state index contributed by atoms with van der Waals surface area (Å²) in [5, 5.41) is 10.2. The fraction of sp³-hybridized carbons (Fsp3) is 0.750. The van der Waals surface area contributed by atoms with E-state index in [1.54, 1.807) is 0 Å². The van der Waals surface area contributed by atoms with Gasteiger partial charge in [0.2, 0.25) is 0 Å². The molecule has 7 heteroatoms. The van der Waals surface area contributed by atoms with Gasteiger partial charge in [0.05, 0.1) is 28.7 Å². The number of hydrogen-bond acceptors (Lipinski definition) is 6. The highest BCUT2D eigenvalue weighted by Crippen LogP contribution is 2.32. The van der Waals surface area contributed by atoms with Crippen molar-refractivity contribution in [1.29, 1.82) is 0 Å². The van der Waals surface area contributed by atoms with Crippen LogP contribution in [0.4, 0.5) is 5.13 Å². The van der Waals surface area contributed by atoms with Crippen molar-refractivity contribution in [2.24, 2.45) is 0 Å². The quantitative estimate of drug-likeness (QED) is 0.910. The second-order valence-corrected chi connectivity index (χ2v) is 8.58. The van der Waals surface area contributed by atoms with E-state index in [2.05, 4.69) is 4.98 Å². The number of aromatic nitrogens is 1. The topological polar surface area (TPSA) is 70.5 Å². The predicted octanol–water partition coefficient (Wildman–Crippen LogP) is 1.38. The number of sulfone groups is 1. The van der Waals surface area contributed by atoms with Gasteiger partial charge in [-0.05, 0) is 12.3 Å². The van der Waals surface area contributed by atoms with E-state index in [1.165, 1.54) is 11.3 Å². The van der Waals surface area contributed by atoms with Crippen LogP contribution in [0.15, 0.2) is 0 Å². The third-order valence-corrected chi connectivity index (χ3v) is 6.36. The van der Waals surface area contributed by atoms with Crippen LogP contribution in [0.3, 0.4) is 0 Å². The van der Waals surface area contributed by atoms with Crippen molar-refractivity contribution in [2.75, 3.05) is 23.5 Å². The van der Waals surface area contributed by atoms with Gasteiger partial charge in [0.25, 0.3) is 0 Å². The summed E-state index contributed by atoms with van der Waals surface area (Å²) in [5.74, 6) is 0.721. The maximum atomic E-state index is 11.5. The predicted molar refractivity (Wildman–Crippen MR) is 77.6 cm³/mol. The number of rotatable bonds is 4. The first-order valence-corrected chi connectivity index (χ1v) is 9.01. The summed E-state index contributed by atoms with van der Waals surface area (Å²) < 4.78 is 23.1. The van der Waals surface area contributed by atoms with Crippen LogP contribution in [0.1, 0.15) is 36.8 Å². The molecule has 1 unspecified atom stereocenters. The normalized spacial score (nSPS) is 22.1. The number of aliphatic hydroxyl groups is 1. The smallest absolute Gasteiger partial charge is 0.185 e. The largest absolute Gasteiger partial charge is 0.391 e. The molecule has 108 valence electrons. The van der Waals surface area contributed by atoms with Crippen LogP contribution in [0.5, 0.6) is 0 Å². The molecule has 0 amide bonds. The van der Waals surface area contributed by atoms with Crippen molar-refractivity contribution in [1.82, 2.24) is 4.98 Å². The molecule has 1 aliphatic rings. The molecule has 1 aromatic rings. The zero-order valence-corrected chi connectivity index (χ0v) is 13.1. The van der Waals surface area contributed by atoms with Crippen LogP contribution < -0.4 is 4.90 Å². The second-order valence-electron chi connectivity index (χ2n) is 5.29. The maximum Gasteiger partial charge on any atom is 0.185 e. The molecule has 0 bridgehead atoms. The van der Waals surface area contributed by atoms with Crippen LogP contribution in [0.25, 0.3) is 0 Å². The van der Waals surface area contributed by atoms with Crippen molar-refractivity contribution in [3.63, 3.8) is 0 Å². The van der Waals surface area contributed by atoms with E-state index in [4.69, 9.17) is 0 Å². The molecule has 5 nitrogen and oxygen atoms in total. The Hall–Kier alpha value is -0.660. The standard InChI is InChI=1S/C12H20N2O3S2/c1-8(2)11-10(6-15)18-12(13-11)14(3)9-4-5-19(16,17)7-9/h8-9,15H,4-7H2,1-3H3. The molecule has 1 atom stereocenters. The summed E-state index contributed by atoms with van der Waals surface area (Å²) in [6, 6.07) is 0.00250. The third kappa shape index (κ3) is 3.09. The fourth-order valence-corrected chi connectivity index (χ4v) is 5.19. The summed E-state index contributed by atoms with van der Waals surface area (Å²) in [7, 11) is -1.00. The molecular formula is C12H20N2O3S2. The first-order valence-electron chi connectivity index (χ1n) is 6.37. The maximum absolute atomic E-state index is 11.5. The molecule has 0 saturated carbocycles. The lowest BCUT2D eigenvalue weighted by atomic mass is 10.1. The van der Waals surface area contributed by atoms with E-state index in [0.29, 0.717) is 6.42 Å². The zero-order chi connectivity index (χ0) is 14.2. The number of aliphatic hydroxyl groups excluding tert-OH is 1. The molecule has 19 heavy (non-hydrogen) atoms. The van der Waals surface area contributed by atoms with E-state index in [1.807, 2.05) is 25.8 Å². The van der Waals surface area contributed by atoms with Crippen molar-refractivity contribution >= 4 is 26.3 Å². The van der Waals surface area contributed by atoms with Gasteiger partial charge in [-0.15, -0.1) is 0 Å². The summed E-state index contributed by atoms with van der Waals surface area (Å²) in [5.41, 5.74) is 0.912. The SMILES string of the molecule is CC(C)c1nc(N(C)C2CCS(=O)(=O)C2)sc1CO. The lowest BCUT2D eigenvalue weighted by Crippen LogP contribution is -2.32. The van der Waals surface area contributed by atoms with Crippen LogP contribution in [-0.2, 0) is 16.4 Å². The van der Waals surface area contributed by atoms with Crippen LogP contribution in [0.2, 0.25) is 0 Å². The van der Waals surface area contributed by atoms with Crippen molar-refractivity contribution in [3.05, 3.63) is 10.6 Å². The molecule has 0 aliphatic carbocycles. The number of anilines is 1. The lowest BCUT2D eigenvalue weighted by Gasteiger charge is -2.22. The van der Waals surface area contributed by atoms with Crippen molar-refractivity contribution in [3.8, 4) is 0 Å². The van der Waals surface area contributed by atoms with Gasteiger partial charge >= 0.3 is 0 Å². The molecule has 0 radical (unpaired) electrons. The highest BCUT2D eigenvalue weighted by Gasteiger charge is 2.32. The molecule has 0 aromatic carbocycles. The first-order chi connectivity index (χ1) is 8.84. The average Bonchev–Trinajstić information content (AvgIpc) is 2.91. The Morgan fingerprint density at radius 1 is 1.53 bits per heavy atom. The van der Waals surface area contributed by atoms with Gasteiger partial charge < -0.3 is 10.0 Å². The Morgan fingerprint density at radius 3 is 2.63 bits per heavy atom. The minimum atomic E-state index is -2.89. The van der Waals surface area contributed by atoms with Gasteiger partial charge in [-0.3, -0.25) is 0 Å². The van der Waals surface area contributed by atoms with E-state index < -0.39 is 9.84 Å². The van der Waals surface area contributed by atoms with Gasteiger partial charge in [0, 0.05) is 13.1 Å². The van der Waals surface area contributed by atoms with E-state index in [9.17, 15) is 13.5 Å². The third-order valence-electron chi connectivity index (χ3n) is 3.46. The molecule has 2 heterocycles. The van der Waals surface area contributed by atoms with Crippen LogP contribution in [0, 0.1) is 0 Å². The first kappa shape index (κ1) is 14.7. The Morgan fingerprint density at radius 2 is 2.21 bits per heavy atom. The monoisotopic (exact) mass is 304 g/mol. The molecule has 1 aliphatic heterocycles. The van der Waals surface area contributed by atoms with Gasteiger partial charge in [0.1, 0.15) is 0 Å². The molecule has 1 aromatic heterocycles. The Bertz CT molecular complexity index is 551. The van der Waals surface area contributed by atoms with Gasteiger partial charge in [-0.1, -0.05) is 25.2 Å². The van der Waals surface area contributed by atoms with Crippen molar-refractivity contribution < 1.29 is 13.5 Å². The van der Waals surface area contributed by atoms with Crippen LogP contribution >= 0.6 is 11.3 Å². The van der Waals surface area contributed by atoms with E-state index in [-0.39, 0.29) is 30.1 Å². The molecule has 1 fully saturated rings. The minimum absolute atomic E-state index is 0.00250. The van der Waals surface area contributed by atoms with E-state index >= 15 is 0 Å². The fourth-order valence-electron chi connectivity index (χ4n) is 2.30. The Labute approximate surface area is 118 Å². The van der Waals surface area contributed by atoms with Gasteiger partial charge in [0.15, 0.2) is 15.0 Å². The second kappa shape index (κ2) is 5.38. The molecule has 1 saturated heterocycles. The zero-order valence-electron chi connectivity index (χ0n) is 11.5. The highest BCUT2D eigenvalue weighted by molar-refractivity contribution is 7.91. The number of thiazole rings is 1. The Kier molecular flexibility index (Phi) is 4.17. The number of hydrogen-bond donors (Lipinski definition) is 1. The Balaban J connectivity index is 2.22. The molecule has 0 spiro atoms. The lowest BCUT2D eigenvalue weighted by molar-refractivity contribution is 0.283. The molecule has 2 rings (SSSR count). The summed E-state index contributed by atoms with van der Waals surface area (Å²) >= 11 is 1.45.